The molecule has 2 N–H and O–H groups in total. The maximum atomic E-state index is 15.0. The van der Waals surface area contributed by atoms with Gasteiger partial charge in [0.25, 0.3) is 0 Å². The van der Waals surface area contributed by atoms with E-state index >= 15 is 0 Å². The molecule has 1 heterocycles. The normalized spacial score (nSPS) is 13.4. The molecule has 11 heteroatoms. The predicted octanol–water partition coefficient (Wildman–Crippen LogP) is 5.96. The van der Waals surface area contributed by atoms with Gasteiger partial charge in [-0.25, -0.2) is 18.6 Å². The van der Waals surface area contributed by atoms with E-state index in [9.17, 15) is 23.5 Å². The van der Waals surface area contributed by atoms with E-state index in [1.54, 1.807) is 27.0 Å². The first-order valence-electron chi connectivity index (χ1n) is 15.1. The number of rotatable bonds is 13. The molecule has 9 nitrogen and oxygen atoms in total. The van der Waals surface area contributed by atoms with Crippen LogP contribution < -0.4 is 5.32 Å². The fourth-order valence-electron chi connectivity index (χ4n) is 5.17. The summed E-state index contributed by atoms with van der Waals surface area (Å²) >= 11 is 0. The number of aromatic nitrogens is 2. The maximum Gasteiger partial charge on any atom is 0.407 e. The minimum atomic E-state index is -0.680. The Bertz CT molecular complexity index is 1420. The molecule has 0 radical (unpaired) electrons. The number of carbonyl (C=O) groups excluding carboxylic acids is 2. The van der Waals surface area contributed by atoms with Crippen molar-refractivity contribution in [2.24, 2.45) is 11.3 Å². The van der Waals surface area contributed by atoms with Crippen LogP contribution in [0.5, 0.6) is 0 Å². The number of amides is 1. The molecule has 0 saturated heterocycles. The van der Waals surface area contributed by atoms with E-state index in [4.69, 9.17) is 14.5 Å². The van der Waals surface area contributed by atoms with Gasteiger partial charge in [0.1, 0.15) is 29.7 Å². The van der Waals surface area contributed by atoms with Crippen LogP contribution in [-0.4, -0.2) is 70.1 Å². The number of nitrogens with one attached hydrogen (secondary N) is 1. The van der Waals surface area contributed by atoms with Crippen LogP contribution in [0.4, 0.5) is 13.6 Å². The third-order valence-electron chi connectivity index (χ3n) is 7.01. The van der Waals surface area contributed by atoms with Gasteiger partial charge in [-0.15, -0.1) is 0 Å². The van der Waals surface area contributed by atoms with Crippen molar-refractivity contribution in [3.63, 3.8) is 0 Å². The van der Waals surface area contributed by atoms with Crippen molar-refractivity contribution < 1.29 is 33.0 Å². The van der Waals surface area contributed by atoms with Gasteiger partial charge in [0.2, 0.25) is 0 Å². The van der Waals surface area contributed by atoms with Crippen LogP contribution in [0.1, 0.15) is 65.9 Å². The summed E-state index contributed by atoms with van der Waals surface area (Å²) in [6.07, 6.45) is 1.12. The van der Waals surface area contributed by atoms with E-state index in [1.165, 1.54) is 6.92 Å². The van der Waals surface area contributed by atoms with Crippen molar-refractivity contribution in [1.82, 2.24) is 19.8 Å². The van der Waals surface area contributed by atoms with Gasteiger partial charge >= 0.3 is 12.1 Å². The molecule has 246 valence electrons. The number of aliphatic hydroxyl groups is 1. The summed E-state index contributed by atoms with van der Waals surface area (Å²) < 4.78 is 41.8. The average Bonchev–Trinajstić information content (AvgIpc) is 3.33. The molecule has 0 bridgehead atoms. The molecule has 0 saturated carbocycles. The maximum absolute atomic E-state index is 15.0. The van der Waals surface area contributed by atoms with Crippen molar-refractivity contribution >= 4 is 12.1 Å². The predicted molar refractivity (Wildman–Crippen MR) is 168 cm³/mol. The molecule has 1 amide bonds. The van der Waals surface area contributed by atoms with Gasteiger partial charge in [0.15, 0.2) is 0 Å². The third kappa shape index (κ3) is 10.9. The van der Waals surface area contributed by atoms with Gasteiger partial charge < -0.3 is 24.5 Å². The molecule has 2 unspecified atom stereocenters. The third-order valence-corrected chi connectivity index (χ3v) is 7.01. The standard InChI is InChI=1S/C34H46F2N4O5/c1-23(42)44-16-15-39(20-25(22-41)18-37-32(43)45-34(5,6)7)30(33(2,3)4)31-38-29(27-17-26(35)13-14-28(27)36)21-40(31)19-24-11-9-8-10-12-24/h8-14,17,21,25,30,41H,15-16,18-20,22H2,1-7H3,(H,37,43). The van der Waals surface area contributed by atoms with Crippen LogP contribution >= 0.6 is 0 Å². The van der Waals surface area contributed by atoms with Crippen LogP contribution in [-0.2, 0) is 20.8 Å². The van der Waals surface area contributed by atoms with E-state index in [-0.39, 0.29) is 44.1 Å². The Morgan fingerprint density at radius 3 is 2.36 bits per heavy atom. The molecule has 2 aromatic carbocycles. The highest BCUT2D eigenvalue weighted by Crippen LogP contribution is 2.39. The number of halogens is 2. The second-order valence-electron chi connectivity index (χ2n) is 13.3. The molecule has 0 fully saturated rings. The van der Waals surface area contributed by atoms with E-state index in [2.05, 4.69) is 10.2 Å². The first-order chi connectivity index (χ1) is 21.1. The van der Waals surface area contributed by atoms with Crippen LogP contribution in [0.25, 0.3) is 11.3 Å². The second kappa shape index (κ2) is 15.4. The summed E-state index contributed by atoms with van der Waals surface area (Å²) in [6, 6.07) is 12.5. The highest BCUT2D eigenvalue weighted by atomic mass is 19.1. The minimum absolute atomic E-state index is 0.0389. The number of aliphatic hydroxyl groups excluding tert-OH is 1. The van der Waals surface area contributed by atoms with E-state index in [0.717, 1.165) is 23.8 Å². The molecule has 3 rings (SSSR count). The highest BCUT2D eigenvalue weighted by Gasteiger charge is 2.37. The fraction of sp³-hybridized carbons (Fsp3) is 0.500. The van der Waals surface area contributed by atoms with Gasteiger partial charge in [0, 0.05) is 57.4 Å². The molecule has 0 aliphatic heterocycles. The molecular weight excluding hydrogens is 582 g/mol. The van der Waals surface area contributed by atoms with Crippen LogP contribution in [0.15, 0.2) is 54.7 Å². The fourth-order valence-corrected chi connectivity index (χ4v) is 5.17. The van der Waals surface area contributed by atoms with Crippen LogP contribution in [0.3, 0.4) is 0 Å². The molecule has 1 aromatic heterocycles. The van der Waals surface area contributed by atoms with Gasteiger partial charge in [0.05, 0.1) is 11.7 Å². The Morgan fingerprint density at radius 1 is 1.07 bits per heavy atom. The Balaban J connectivity index is 2.08. The number of carbonyl (C=O) groups is 2. The smallest absolute Gasteiger partial charge is 0.407 e. The van der Waals surface area contributed by atoms with Crippen LogP contribution in [0.2, 0.25) is 0 Å². The first kappa shape index (κ1) is 35.6. The molecular formula is C34H46F2N4O5. The number of nitrogens with zero attached hydrogens (tertiary/aromatic N) is 3. The molecule has 2 atom stereocenters. The zero-order valence-electron chi connectivity index (χ0n) is 27.3. The summed E-state index contributed by atoms with van der Waals surface area (Å²) in [5, 5.41) is 13.1. The quantitative estimate of drug-likeness (QED) is 0.225. The number of ether oxygens (including phenoxy) is 2. The van der Waals surface area contributed by atoms with Gasteiger partial charge in [-0.1, -0.05) is 51.1 Å². The van der Waals surface area contributed by atoms with Gasteiger partial charge in [-0.2, -0.15) is 0 Å². The molecule has 0 aliphatic carbocycles. The lowest BCUT2D eigenvalue weighted by molar-refractivity contribution is -0.141. The molecule has 3 aromatic rings. The van der Waals surface area contributed by atoms with E-state index in [0.29, 0.717) is 12.4 Å². The average molecular weight is 629 g/mol. The van der Waals surface area contributed by atoms with Crippen LogP contribution in [0, 0.1) is 23.0 Å². The number of imidazole rings is 1. The largest absolute Gasteiger partial charge is 0.465 e. The summed E-state index contributed by atoms with van der Waals surface area (Å²) in [6.45, 7) is 13.7. The SMILES string of the molecule is CC(=O)OCCN(CC(CO)CNC(=O)OC(C)(C)C)C(c1nc(-c2cc(F)ccc2F)cn1Cc1ccccc1)C(C)(C)C. The number of hydrogen-bond donors (Lipinski definition) is 2. The first-order valence-corrected chi connectivity index (χ1v) is 15.1. The highest BCUT2D eigenvalue weighted by molar-refractivity contribution is 5.67. The van der Waals surface area contributed by atoms with Gasteiger partial charge in [-0.05, 0) is 49.9 Å². The molecule has 0 aliphatic rings. The number of alkyl carbamates (subject to hydrolysis) is 1. The number of benzene rings is 2. The molecule has 45 heavy (non-hydrogen) atoms. The minimum Gasteiger partial charge on any atom is -0.465 e. The number of hydrogen-bond acceptors (Lipinski definition) is 7. The Hall–Kier alpha value is -3.83. The Labute approximate surface area is 264 Å². The Kier molecular flexibility index (Phi) is 12.2. The van der Waals surface area contributed by atoms with E-state index < -0.39 is 46.7 Å². The summed E-state index contributed by atoms with van der Waals surface area (Å²) in [7, 11) is 0. The van der Waals surface area contributed by atoms with Gasteiger partial charge in [-0.3, -0.25) is 9.69 Å². The topological polar surface area (TPSA) is 106 Å². The number of esters is 1. The van der Waals surface area contributed by atoms with Crippen molar-refractivity contribution in [3.05, 3.63) is 77.8 Å². The summed E-state index contributed by atoms with van der Waals surface area (Å²) in [4.78, 5) is 31.0. The monoisotopic (exact) mass is 628 g/mol. The Morgan fingerprint density at radius 2 is 1.76 bits per heavy atom. The summed E-state index contributed by atoms with van der Waals surface area (Å²) in [5.41, 5.74) is 0.137. The van der Waals surface area contributed by atoms with E-state index in [1.807, 2.05) is 55.7 Å². The lowest BCUT2D eigenvalue weighted by atomic mass is 9.84. The lowest BCUT2D eigenvalue weighted by Gasteiger charge is -2.41. The van der Waals surface area contributed by atoms with Crippen molar-refractivity contribution in [3.8, 4) is 11.3 Å². The lowest BCUT2D eigenvalue weighted by Crippen LogP contribution is -2.46. The van der Waals surface area contributed by atoms with Crippen molar-refractivity contribution in [1.29, 1.82) is 0 Å². The summed E-state index contributed by atoms with van der Waals surface area (Å²) in [5.74, 6) is -1.44. The zero-order valence-corrected chi connectivity index (χ0v) is 27.3. The van der Waals surface area contributed by atoms with Crippen molar-refractivity contribution in [2.75, 3.05) is 32.8 Å². The zero-order chi connectivity index (χ0) is 33.4. The van der Waals surface area contributed by atoms with Crippen molar-refractivity contribution in [2.45, 2.75) is 66.7 Å². The second-order valence-corrected chi connectivity index (χ2v) is 13.3. The molecule has 0 spiro atoms.